The van der Waals surface area contributed by atoms with Gasteiger partial charge in [-0.1, -0.05) is 0 Å². The largest absolute Gasteiger partial charge is 0.440 e. The molecule has 1 fully saturated rings. The van der Waals surface area contributed by atoms with Crippen molar-refractivity contribution in [2.24, 2.45) is 0 Å². The second-order valence-corrected chi connectivity index (χ2v) is 5.79. The van der Waals surface area contributed by atoms with Crippen molar-refractivity contribution in [3.05, 3.63) is 17.9 Å². The van der Waals surface area contributed by atoms with E-state index >= 15 is 0 Å². The standard InChI is InChI=1S/C10H14N2O4S/c1-12-5-4-8(6-12)11-17(14,15)10-3-2-9(7-13)16-10/h2-3,7-8,11H,4-6H2,1H3. The fourth-order valence-electron chi connectivity index (χ4n) is 1.85. The summed E-state index contributed by atoms with van der Waals surface area (Å²) in [6, 6.07) is 2.52. The lowest BCUT2D eigenvalue weighted by Crippen LogP contribution is -2.36. The highest BCUT2D eigenvalue weighted by Crippen LogP contribution is 2.15. The first-order chi connectivity index (χ1) is 8.01. The van der Waals surface area contributed by atoms with Crippen LogP contribution in [0.25, 0.3) is 0 Å². The third-order valence-corrected chi connectivity index (χ3v) is 4.09. The molecule has 1 saturated heterocycles. The Labute approximate surface area is 99.6 Å². The predicted octanol–water partition coefficient (Wildman–Crippen LogP) is 0.0745. The van der Waals surface area contributed by atoms with E-state index in [1.54, 1.807) is 0 Å². The number of hydrogen-bond donors (Lipinski definition) is 1. The number of sulfonamides is 1. The second kappa shape index (κ2) is 4.59. The van der Waals surface area contributed by atoms with Gasteiger partial charge in [0.25, 0.3) is 10.0 Å². The van der Waals surface area contributed by atoms with Crippen molar-refractivity contribution >= 4 is 16.3 Å². The summed E-state index contributed by atoms with van der Waals surface area (Å²) >= 11 is 0. The maximum Gasteiger partial charge on any atom is 0.274 e. The molecule has 6 nitrogen and oxygen atoms in total. The van der Waals surface area contributed by atoms with Crippen LogP contribution in [0.15, 0.2) is 21.6 Å². The molecule has 0 saturated carbocycles. The van der Waals surface area contributed by atoms with Gasteiger partial charge < -0.3 is 9.32 Å². The van der Waals surface area contributed by atoms with E-state index < -0.39 is 10.0 Å². The Kier molecular flexibility index (Phi) is 3.32. The van der Waals surface area contributed by atoms with Crippen LogP contribution in [0.1, 0.15) is 17.0 Å². The SMILES string of the molecule is CN1CCC(NS(=O)(=O)c2ccc(C=O)o2)C1. The molecule has 7 heteroatoms. The number of likely N-dealkylation sites (tertiary alicyclic amines) is 1. The molecule has 1 aliphatic rings. The molecule has 94 valence electrons. The third kappa shape index (κ3) is 2.74. The number of likely N-dealkylation sites (N-methyl/N-ethyl adjacent to an activating group) is 1. The summed E-state index contributed by atoms with van der Waals surface area (Å²) in [5, 5.41) is -0.214. The minimum Gasteiger partial charge on any atom is -0.440 e. The summed E-state index contributed by atoms with van der Waals surface area (Å²) in [5.74, 6) is 0.00825. The van der Waals surface area contributed by atoms with Crippen LogP contribution in [0.4, 0.5) is 0 Å². The molecular weight excluding hydrogens is 244 g/mol. The van der Waals surface area contributed by atoms with E-state index in [0.29, 0.717) is 12.8 Å². The highest BCUT2D eigenvalue weighted by atomic mass is 32.2. The van der Waals surface area contributed by atoms with Crippen LogP contribution in [0, 0.1) is 0 Å². The highest BCUT2D eigenvalue weighted by molar-refractivity contribution is 7.89. The minimum absolute atomic E-state index is 0.00825. The summed E-state index contributed by atoms with van der Waals surface area (Å²) in [6.45, 7) is 1.55. The smallest absolute Gasteiger partial charge is 0.274 e. The molecule has 1 aromatic rings. The van der Waals surface area contributed by atoms with Crippen LogP contribution in [0.2, 0.25) is 0 Å². The van der Waals surface area contributed by atoms with Crippen LogP contribution in [-0.2, 0) is 10.0 Å². The van der Waals surface area contributed by atoms with Crippen molar-refractivity contribution in [3.63, 3.8) is 0 Å². The number of rotatable bonds is 4. The fraction of sp³-hybridized carbons (Fsp3) is 0.500. The topological polar surface area (TPSA) is 79.6 Å². The molecule has 1 atom stereocenters. The van der Waals surface area contributed by atoms with Gasteiger partial charge in [0, 0.05) is 12.6 Å². The van der Waals surface area contributed by atoms with Crippen LogP contribution in [0.5, 0.6) is 0 Å². The average Bonchev–Trinajstić information content (AvgIpc) is 2.86. The summed E-state index contributed by atoms with van der Waals surface area (Å²) in [6.07, 6.45) is 1.25. The summed E-state index contributed by atoms with van der Waals surface area (Å²) in [4.78, 5) is 12.5. The lowest BCUT2D eigenvalue weighted by atomic mass is 10.3. The fourth-order valence-corrected chi connectivity index (χ4v) is 3.05. The first kappa shape index (κ1) is 12.3. The molecule has 2 heterocycles. The van der Waals surface area contributed by atoms with Gasteiger partial charge in [-0.2, -0.15) is 0 Å². The highest BCUT2D eigenvalue weighted by Gasteiger charge is 2.27. The molecule has 17 heavy (non-hydrogen) atoms. The molecule has 0 spiro atoms. The first-order valence-electron chi connectivity index (χ1n) is 5.27. The van der Waals surface area contributed by atoms with E-state index in [2.05, 4.69) is 4.72 Å². The van der Waals surface area contributed by atoms with Gasteiger partial charge >= 0.3 is 0 Å². The van der Waals surface area contributed by atoms with E-state index in [4.69, 9.17) is 4.42 Å². The summed E-state index contributed by atoms with van der Waals surface area (Å²) in [5.41, 5.74) is 0. The lowest BCUT2D eigenvalue weighted by molar-refractivity contribution is 0.109. The Morgan fingerprint density at radius 2 is 2.29 bits per heavy atom. The van der Waals surface area contributed by atoms with Crippen molar-refractivity contribution in [1.29, 1.82) is 0 Å². The Bertz CT molecular complexity index is 508. The monoisotopic (exact) mass is 258 g/mol. The first-order valence-corrected chi connectivity index (χ1v) is 6.75. The zero-order valence-electron chi connectivity index (χ0n) is 9.42. The van der Waals surface area contributed by atoms with Crippen molar-refractivity contribution < 1.29 is 17.6 Å². The molecule has 0 aliphatic carbocycles. The molecule has 1 aliphatic heterocycles. The van der Waals surface area contributed by atoms with E-state index in [1.807, 2.05) is 11.9 Å². The number of furan rings is 1. The molecule has 0 amide bonds. The number of hydrogen-bond acceptors (Lipinski definition) is 5. The van der Waals surface area contributed by atoms with Gasteiger partial charge in [0.15, 0.2) is 12.0 Å². The van der Waals surface area contributed by atoms with Gasteiger partial charge in [-0.25, -0.2) is 13.1 Å². The zero-order valence-corrected chi connectivity index (χ0v) is 10.2. The van der Waals surface area contributed by atoms with Gasteiger partial charge in [-0.3, -0.25) is 4.79 Å². The maximum absolute atomic E-state index is 11.9. The van der Waals surface area contributed by atoms with Gasteiger partial charge in [0.2, 0.25) is 5.09 Å². The van der Waals surface area contributed by atoms with Crippen LogP contribution in [-0.4, -0.2) is 45.8 Å². The quantitative estimate of drug-likeness (QED) is 0.773. The van der Waals surface area contributed by atoms with Crippen molar-refractivity contribution in [2.75, 3.05) is 20.1 Å². The molecule has 2 rings (SSSR count). The van der Waals surface area contributed by atoms with E-state index in [-0.39, 0.29) is 16.9 Å². The molecular formula is C10H14N2O4S. The summed E-state index contributed by atoms with van der Waals surface area (Å²) < 4.78 is 31.2. The Morgan fingerprint density at radius 1 is 1.53 bits per heavy atom. The van der Waals surface area contributed by atoms with E-state index in [9.17, 15) is 13.2 Å². The van der Waals surface area contributed by atoms with E-state index in [1.165, 1.54) is 12.1 Å². The minimum atomic E-state index is -3.66. The normalized spacial score (nSPS) is 21.8. The van der Waals surface area contributed by atoms with E-state index in [0.717, 1.165) is 13.0 Å². The van der Waals surface area contributed by atoms with Crippen LogP contribution >= 0.6 is 0 Å². The third-order valence-electron chi connectivity index (χ3n) is 2.70. The van der Waals surface area contributed by atoms with Crippen molar-refractivity contribution in [1.82, 2.24) is 9.62 Å². The van der Waals surface area contributed by atoms with Crippen LogP contribution in [0.3, 0.4) is 0 Å². The van der Waals surface area contributed by atoms with Crippen molar-refractivity contribution in [2.45, 2.75) is 17.6 Å². The Hall–Kier alpha value is -1.18. The number of carbonyl (C=O) groups excluding carboxylic acids is 1. The van der Waals surface area contributed by atoms with Crippen molar-refractivity contribution in [3.8, 4) is 0 Å². The molecule has 0 radical (unpaired) electrons. The maximum atomic E-state index is 11.9. The molecule has 1 N–H and O–H groups in total. The molecule has 1 unspecified atom stereocenters. The number of carbonyl (C=O) groups is 1. The zero-order chi connectivity index (χ0) is 12.5. The van der Waals surface area contributed by atoms with Gasteiger partial charge in [0.05, 0.1) is 0 Å². The number of nitrogens with zero attached hydrogens (tertiary/aromatic N) is 1. The van der Waals surface area contributed by atoms with Crippen LogP contribution < -0.4 is 4.72 Å². The average molecular weight is 258 g/mol. The predicted molar refractivity (Wildman–Crippen MR) is 60.3 cm³/mol. The molecule has 0 aromatic carbocycles. The van der Waals surface area contributed by atoms with Gasteiger partial charge in [0.1, 0.15) is 0 Å². The van der Waals surface area contributed by atoms with Gasteiger partial charge in [-0.05, 0) is 32.1 Å². The second-order valence-electron chi connectivity index (χ2n) is 4.14. The summed E-state index contributed by atoms with van der Waals surface area (Å²) in [7, 11) is -1.72. The number of aldehydes is 1. The Morgan fingerprint density at radius 3 is 2.82 bits per heavy atom. The molecule has 1 aromatic heterocycles. The number of nitrogens with one attached hydrogen (secondary N) is 1. The lowest BCUT2D eigenvalue weighted by Gasteiger charge is -2.11. The van der Waals surface area contributed by atoms with Gasteiger partial charge in [-0.15, -0.1) is 0 Å². The Balaban J connectivity index is 2.11. The molecule has 0 bridgehead atoms.